The number of aliphatic imine (C=N–C) groups is 1. The number of hydrogen-bond acceptors (Lipinski definition) is 3. The molecule has 0 unspecified atom stereocenters. The maximum Gasteiger partial charge on any atom is 0.119 e. The largest absolute Gasteiger partial charge is 0.491 e. The molecule has 1 aromatic heterocycles. The van der Waals surface area contributed by atoms with E-state index in [1.807, 2.05) is 26.0 Å². The van der Waals surface area contributed by atoms with Gasteiger partial charge >= 0.3 is 0 Å². The maximum atomic E-state index is 5.75. The Morgan fingerprint density at radius 2 is 1.78 bits per heavy atom. The summed E-state index contributed by atoms with van der Waals surface area (Å²) in [5, 5.41) is 0. The minimum atomic E-state index is 0.557. The SMILES string of the molecule is CCOCCOc1ccc(/C(=C2/N=C(C)C=C2C)c2[nH]c(C)cc2C)cc1. The summed E-state index contributed by atoms with van der Waals surface area (Å²) in [6.45, 7) is 12.2. The van der Waals surface area contributed by atoms with Crippen molar-refractivity contribution in [2.24, 2.45) is 4.99 Å². The van der Waals surface area contributed by atoms with Gasteiger partial charge < -0.3 is 14.5 Å². The smallest absolute Gasteiger partial charge is 0.119 e. The first-order valence-electron chi connectivity index (χ1n) is 9.45. The van der Waals surface area contributed by atoms with Crippen LogP contribution in [0.1, 0.15) is 43.3 Å². The van der Waals surface area contributed by atoms with Crippen LogP contribution < -0.4 is 4.74 Å². The quantitative estimate of drug-likeness (QED) is 0.684. The molecule has 1 aliphatic heterocycles. The molecule has 0 bridgehead atoms. The van der Waals surface area contributed by atoms with E-state index < -0.39 is 0 Å². The molecule has 1 aromatic carbocycles. The molecule has 0 fully saturated rings. The molecule has 4 heteroatoms. The molecule has 2 aromatic rings. The number of hydrogen-bond donors (Lipinski definition) is 1. The lowest BCUT2D eigenvalue weighted by molar-refractivity contribution is 0.110. The number of benzene rings is 1. The summed E-state index contributed by atoms with van der Waals surface area (Å²) >= 11 is 0. The summed E-state index contributed by atoms with van der Waals surface area (Å²) in [4.78, 5) is 8.32. The van der Waals surface area contributed by atoms with Gasteiger partial charge in [0, 0.05) is 23.6 Å². The molecule has 0 atom stereocenters. The van der Waals surface area contributed by atoms with Gasteiger partial charge in [0.1, 0.15) is 12.4 Å². The third-order valence-electron chi connectivity index (χ3n) is 4.57. The number of H-pyrrole nitrogens is 1. The van der Waals surface area contributed by atoms with Gasteiger partial charge in [0.15, 0.2) is 0 Å². The van der Waals surface area contributed by atoms with Crippen LogP contribution in [0.5, 0.6) is 5.75 Å². The van der Waals surface area contributed by atoms with Gasteiger partial charge in [0.05, 0.1) is 18.0 Å². The number of ether oxygens (including phenoxy) is 2. The predicted molar refractivity (Wildman–Crippen MR) is 112 cm³/mol. The minimum Gasteiger partial charge on any atom is -0.491 e. The van der Waals surface area contributed by atoms with Crippen LogP contribution in [-0.2, 0) is 4.74 Å². The molecule has 0 saturated carbocycles. The number of aryl methyl sites for hydroxylation is 2. The molecule has 3 rings (SSSR count). The van der Waals surface area contributed by atoms with Crippen molar-refractivity contribution >= 4 is 11.3 Å². The van der Waals surface area contributed by atoms with E-state index in [9.17, 15) is 0 Å². The molecule has 0 amide bonds. The van der Waals surface area contributed by atoms with E-state index in [-0.39, 0.29) is 0 Å². The molecule has 27 heavy (non-hydrogen) atoms. The molecule has 0 aliphatic carbocycles. The van der Waals surface area contributed by atoms with Gasteiger partial charge in [-0.3, -0.25) is 4.99 Å². The third kappa shape index (κ3) is 4.40. The topological polar surface area (TPSA) is 46.6 Å². The first-order valence-corrected chi connectivity index (χ1v) is 9.45. The summed E-state index contributed by atoms with van der Waals surface area (Å²) in [5.74, 6) is 0.848. The zero-order chi connectivity index (χ0) is 19.4. The van der Waals surface area contributed by atoms with Crippen LogP contribution in [0, 0.1) is 13.8 Å². The number of aromatic amines is 1. The van der Waals surface area contributed by atoms with Crippen LogP contribution in [0.4, 0.5) is 0 Å². The number of nitrogens with zero attached hydrogens (tertiary/aromatic N) is 1. The number of allylic oxidation sites excluding steroid dienone is 2. The van der Waals surface area contributed by atoms with E-state index >= 15 is 0 Å². The summed E-state index contributed by atoms with van der Waals surface area (Å²) in [6, 6.07) is 10.4. The Kier molecular flexibility index (Phi) is 5.97. The fourth-order valence-electron chi connectivity index (χ4n) is 3.40. The van der Waals surface area contributed by atoms with E-state index in [1.165, 1.54) is 11.1 Å². The van der Waals surface area contributed by atoms with Gasteiger partial charge in [-0.15, -0.1) is 0 Å². The zero-order valence-corrected chi connectivity index (χ0v) is 16.8. The third-order valence-corrected chi connectivity index (χ3v) is 4.57. The van der Waals surface area contributed by atoms with E-state index in [2.05, 4.69) is 50.0 Å². The standard InChI is InChI=1S/C23H28N2O2/c1-6-26-11-12-27-20-9-7-19(8-10-20)21(22-15(2)13-17(4)24-22)23-16(3)14-18(5)25-23/h7-10,13-14,24H,6,11-12H2,1-5H3/b23-21-. The first kappa shape index (κ1) is 19.2. The Morgan fingerprint density at radius 3 is 2.33 bits per heavy atom. The molecular formula is C23H28N2O2. The highest BCUT2D eigenvalue weighted by Crippen LogP contribution is 2.35. The van der Waals surface area contributed by atoms with Crippen LogP contribution in [0.3, 0.4) is 0 Å². The monoisotopic (exact) mass is 364 g/mol. The lowest BCUT2D eigenvalue weighted by Crippen LogP contribution is -2.06. The van der Waals surface area contributed by atoms with E-state index in [0.717, 1.165) is 39.7 Å². The summed E-state index contributed by atoms with van der Waals surface area (Å²) in [5.41, 5.74) is 9.01. The minimum absolute atomic E-state index is 0.557. The average Bonchev–Trinajstić information content (AvgIpc) is 3.14. The Balaban J connectivity index is 1.97. The number of rotatable bonds is 7. The van der Waals surface area contributed by atoms with Crippen molar-refractivity contribution in [3.8, 4) is 5.75 Å². The Labute approximate surface area is 161 Å². The van der Waals surface area contributed by atoms with Crippen LogP contribution in [0.2, 0.25) is 0 Å². The van der Waals surface area contributed by atoms with Crippen molar-refractivity contribution in [3.05, 3.63) is 70.2 Å². The van der Waals surface area contributed by atoms with Gasteiger partial charge in [-0.25, -0.2) is 0 Å². The summed E-state index contributed by atoms with van der Waals surface area (Å²) < 4.78 is 11.1. The molecule has 4 nitrogen and oxygen atoms in total. The molecule has 1 aliphatic rings. The normalized spacial score (nSPS) is 15.6. The van der Waals surface area contributed by atoms with Crippen LogP contribution in [0.15, 0.2) is 52.7 Å². The summed E-state index contributed by atoms with van der Waals surface area (Å²) in [6.07, 6.45) is 2.13. The molecule has 0 saturated heterocycles. The van der Waals surface area contributed by atoms with Gasteiger partial charge in [-0.2, -0.15) is 0 Å². The van der Waals surface area contributed by atoms with Gasteiger partial charge in [0.25, 0.3) is 0 Å². The highest BCUT2D eigenvalue weighted by molar-refractivity contribution is 6.01. The first-order chi connectivity index (χ1) is 13.0. The van der Waals surface area contributed by atoms with E-state index in [4.69, 9.17) is 14.5 Å². The van der Waals surface area contributed by atoms with Crippen LogP contribution >= 0.6 is 0 Å². The number of nitrogens with one attached hydrogen (secondary N) is 1. The van der Waals surface area contributed by atoms with Crippen LogP contribution in [0.25, 0.3) is 5.57 Å². The van der Waals surface area contributed by atoms with Crippen molar-refractivity contribution in [3.63, 3.8) is 0 Å². The molecule has 2 heterocycles. The van der Waals surface area contributed by atoms with Crippen LogP contribution in [-0.4, -0.2) is 30.5 Å². The fraction of sp³-hybridized carbons (Fsp3) is 0.348. The maximum absolute atomic E-state index is 5.75. The number of aromatic nitrogens is 1. The van der Waals surface area contributed by atoms with E-state index in [1.54, 1.807) is 0 Å². The molecule has 142 valence electrons. The lowest BCUT2D eigenvalue weighted by atomic mass is 9.96. The highest BCUT2D eigenvalue weighted by atomic mass is 16.5. The summed E-state index contributed by atoms with van der Waals surface area (Å²) in [7, 11) is 0. The zero-order valence-electron chi connectivity index (χ0n) is 16.8. The average molecular weight is 364 g/mol. The van der Waals surface area contributed by atoms with Crippen molar-refractivity contribution in [2.45, 2.75) is 34.6 Å². The fourth-order valence-corrected chi connectivity index (χ4v) is 3.40. The molecular weight excluding hydrogens is 336 g/mol. The van der Waals surface area contributed by atoms with Gasteiger partial charge in [0.2, 0.25) is 0 Å². The Morgan fingerprint density at radius 1 is 1.04 bits per heavy atom. The Bertz CT molecular complexity index is 899. The Hall–Kier alpha value is -2.59. The van der Waals surface area contributed by atoms with Gasteiger partial charge in [-0.1, -0.05) is 12.1 Å². The molecule has 1 N–H and O–H groups in total. The second-order valence-electron chi connectivity index (χ2n) is 6.88. The molecule has 0 spiro atoms. The lowest BCUT2D eigenvalue weighted by Gasteiger charge is -2.13. The molecule has 0 radical (unpaired) electrons. The second-order valence-corrected chi connectivity index (χ2v) is 6.88. The van der Waals surface area contributed by atoms with Crippen molar-refractivity contribution in [1.29, 1.82) is 0 Å². The van der Waals surface area contributed by atoms with Gasteiger partial charge in [-0.05, 0) is 75.6 Å². The highest BCUT2D eigenvalue weighted by Gasteiger charge is 2.19. The second kappa shape index (κ2) is 8.40. The van der Waals surface area contributed by atoms with Crippen molar-refractivity contribution < 1.29 is 9.47 Å². The van der Waals surface area contributed by atoms with Crippen molar-refractivity contribution in [2.75, 3.05) is 19.8 Å². The van der Waals surface area contributed by atoms with Crippen molar-refractivity contribution in [1.82, 2.24) is 4.98 Å². The van der Waals surface area contributed by atoms with E-state index in [0.29, 0.717) is 19.8 Å². The predicted octanol–water partition coefficient (Wildman–Crippen LogP) is 5.23.